The van der Waals surface area contributed by atoms with Gasteiger partial charge in [0.1, 0.15) is 0 Å². The average Bonchev–Trinajstić information content (AvgIpc) is 2.38. The van der Waals surface area contributed by atoms with Crippen LogP contribution in [0.2, 0.25) is 5.02 Å². The average molecular weight is 259 g/mol. The van der Waals surface area contributed by atoms with Crippen LogP contribution >= 0.6 is 11.6 Å². The van der Waals surface area contributed by atoms with E-state index in [2.05, 4.69) is 0 Å². The van der Waals surface area contributed by atoms with E-state index in [0.29, 0.717) is 0 Å². The zero-order valence-corrected chi connectivity index (χ0v) is 10.3. The second kappa shape index (κ2) is 5.52. The summed E-state index contributed by atoms with van der Waals surface area (Å²) in [5, 5.41) is 9.22. The largest absolute Gasteiger partial charge is 0.478 e. The fourth-order valence-electron chi connectivity index (χ4n) is 1.57. The molecule has 0 aliphatic carbocycles. The van der Waals surface area contributed by atoms with E-state index >= 15 is 0 Å². The van der Waals surface area contributed by atoms with Crippen LogP contribution in [0.1, 0.15) is 21.5 Å². The molecule has 0 aromatic heterocycles. The number of benzene rings is 2. The molecular formula is C15H11ClO2. The number of aromatic carboxylic acids is 1. The van der Waals surface area contributed by atoms with Crippen LogP contribution in [0.15, 0.2) is 48.5 Å². The summed E-state index contributed by atoms with van der Waals surface area (Å²) in [7, 11) is 0. The fraction of sp³-hybridized carbons (Fsp3) is 0. The summed E-state index contributed by atoms with van der Waals surface area (Å²) in [4.78, 5) is 10.9. The molecular weight excluding hydrogens is 248 g/mol. The van der Waals surface area contributed by atoms with Crippen LogP contribution in [0.25, 0.3) is 12.2 Å². The van der Waals surface area contributed by atoms with Crippen molar-refractivity contribution in [3.63, 3.8) is 0 Å². The van der Waals surface area contributed by atoms with Gasteiger partial charge in [-0.05, 0) is 23.3 Å². The highest BCUT2D eigenvalue weighted by Gasteiger charge is 2.07. The minimum atomic E-state index is -1.02. The molecule has 0 saturated carbocycles. The quantitative estimate of drug-likeness (QED) is 0.838. The third-order valence-electron chi connectivity index (χ3n) is 2.49. The maximum absolute atomic E-state index is 10.9. The fourth-order valence-corrected chi connectivity index (χ4v) is 1.77. The molecule has 2 aromatic carbocycles. The number of rotatable bonds is 3. The van der Waals surface area contributed by atoms with Crippen molar-refractivity contribution >= 4 is 29.7 Å². The molecule has 2 rings (SSSR count). The maximum atomic E-state index is 10.9. The van der Waals surface area contributed by atoms with Gasteiger partial charge in [-0.15, -0.1) is 0 Å². The van der Waals surface area contributed by atoms with Gasteiger partial charge in [-0.1, -0.05) is 60.2 Å². The standard InChI is InChI=1S/C15H11ClO2/c16-14-9-8-12(10-13(14)15(17)18)7-6-11-4-2-1-3-5-11/h1-10H,(H,17,18)/b7-6+. The van der Waals surface area contributed by atoms with Crippen LogP contribution < -0.4 is 0 Å². The Morgan fingerprint density at radius 1 is 1.00 bits per heavy atom. The first-order chi connectivity index (χ1) is 8.66. The summed E-state index contributed by atoms with van der Waals surface area (Å²) in [6, 6.07) is 14.7. The zero-order chi connectivity index (χ0) is 13.0. The summed E-state index contributed by atoms with van der Waals surface area (Å²) in [6.07, 6.45) is 3.78. The van der Waals surface area contributed by atoms with E-state index in [1.54, 1.807) is 18.2 Å². The summed E-state index contributed by atoms with van der Waals surface area (Å²) >= 11 is 5.80. The Bertz CT molecular complexity index is 589. The molecule has 0 bridgehead atoms. The van der Waals surface area contributed by atoms with Crippen LogP contribution in [0.3, 0.4) is 0 Å². The lowest BCUT2D eigenvalue weighted by Gasteiger charge is -2.00. The van der Waals surface area contributed by atoms with Crippen molar-refractivity contribution in [2.45, 2.75) is 0 Å². The predicted octanol–water partition coefficient (Wildman–Crippen LogP) is 4.21. The van der Waals surface area contributed by atoms with E-state index in [4.69, 9.17) is 16.7 Å². The molecule has 0 amide bonds. The number of carboxylic acid groups (broad SMARTS) is 1. The molecule has 0 aliphatic rings. The molecule has 0 atom stereocenters. The molecule has 90 valence electrons. The lowest BCUT2D eigenvalue weighted by Crippen LogP contribution is -1.97. The maximum Gasteiger partial charge on any atom is 0.337 e. The first kappa shape index (κ1) is 12.4. The third-order valence-corrected chi connectivity index (χ3v) is 2.82. The van der Waals surface area contributed by atoms with Gasteiger partial charge >= 0.3 is 5.97 Å². The molecule has 3 heteroatoms. The van der Waals surface area contributed by atoms with Gasteiger partial charge in [0, 0.05) is 0 Å². The number of halogens is 1. The van der Waals surface area contributed by atoms with Crippen molar-refractivity contribution < 1.29 is 9.90 Å². The van der Waals surface area contributed by atoms with Crippen molar-refractivity contribution in [1.29, 1.82) is 0 Å². The van der Waals surface area contributed by atoms with Crippen molar-refractivity contribution in [2.75, 3.05) is 0 Å². The highest BCUT2D eigenvalue weighted by atomic mass is 35.5. The molecule has 1 N–H and O–H groups in total. The Hall–Kier alpha value is -2.06. The van der Waals surface area contributed by atoms with E-state index < -0.39 is 5.97 Å². The van der Waals surface area contributed by atoms with Gasteiger partial charge in [0.15, 0.2) is 0 Å². The number of carbonyl (C=O) groups is 1. The van der Waals surface area contributed by atoms with Crippen LogP contribution in [0.4, 0.5) is 0 Å². The van der Waals surface area contributed by atoms with Gasteiger partial charge < -0.3 is 5.11 Å². The SMILES string of the molecule is O=C(O)c1cc(/C=C/c2ccccc2)ccc1Cl. The number of hydrogen-bond donors (Lipinski definition) is 1. The highest BCUT2D eigenvalue weighted by Crippen LogP contribution is 2.19. The molecule has 0 saturated heterocycles. The molecule has 2 aromatic rings. The summed E-state index contributed by atoms with van der Waals surface area (Å²) in [6.45, 7) is 0. The first-order valence-corrected chi connectivity index (χ1v) is 5.80. The molecule has 0 aliphatic heterocycles. The molecule has 2 nitrogen and oxygen atoms in total. The van der Waals surface area contributed by atoms with Gasteiger partial charge in [0.2, 0.25) is 0 Å². The lowest BCUT2D eigenvalue weighted by molar-refractivity contribution is 0.0697. The Morgan fingerprint density at radius 2 is 1.67 bits per heavy atom. The van der Waals surface area contributed by atoms with Crippen molar-refractivity contribution in [1.82, 2.24) is 0 Å². The number of hydrogen-bond acceptors (Lipinski definition) is 1. The predicted molar refractivity (Wildman–Crippen MR) is 73.8 cm³/mol. The van der Waals surface area contributed by atoms with Crippen LogP contribution in [0.5, 0.6) is 0 Å². The Labute approximate surface area is 110 Å². The zero-order valence-electron chi connectivity index (χ0n) is 9.51. The summed E-state index contributed by atoms with van der Waals surface area (Å²) in [5.74, 6) is -1.02. The monoisotopic (exact) mass is 258 g/mol. The molecule has 0 heterocycles. The number of carboxylic acids is 1. The Balaban J connectivity index is 2.28. The van der Waals surface area contributed by atoms with Gasteiger partial charge in [-0.25, -0.2) is 4.79 Å². The van der Waals surface area contributed by atoms with Crippen LogP contribution in [-0.4, -0.2) is 11.1 Å². The van der Waals surface area contributed by atoms with Crippen LogP contribution in [-0.2, 0) is 0 Å². The first-order valence-electron chi connectivity index (χ1n) is 5.43. The molecule has 0 unspecified atom stereocenters. The van der Waals surface area contributed by atoms with E-state index in [9.17, 15) is 4.79 Å². The van der Waals surface area contributed by atoms with E-state index in [1.165, 1.54) is 0 Å². The minimum absolute atomic E-state index is 0.117. The van der Waals surface area contributed by atoms with Gasteiger partial charge in [-0.2, -0.15) is 0 Å². The highest BCUT2D eigenvalue weighted by molar-refractivity contribution is 6.33. The molecule has 18 heavy (non-hydrogen) atoms. The topological polar surface area (TPSA) is 37.3 Å². The summed E-state index contributed by atoms with van der Waals surface area (Å²) < 4.78 is 0. The third kappa shape index (κ3) is 2.99. The van der Waals surface area contributed by atoms with Crippen molar-refractivity contribution in [3.8, 4) is 0 Å². The Kier molecular flexibility index (Phi) is 3.80. The van der Waals surface area contributed by atoms with Gasteiger partial charge in [0.05, 0.1) is 10.6 Å². The van der Waals surface area contributed by atoms with E-state index in [-0.39, 0.29) is 10.6 Å². The van der Waals surface area contributed by atoms with Gasteiger partial charge in [0.25, 0.3) is 0 Å². The van der Waals surface area contributed by atoms with Crippen molar-refractivity contribution in [3.05, 3.63) is 70.2 Å². The lowest BCUT2D eigenvalue weighted by atomic mass is 10.1. The second-order valence-electron chi connectivity index (χ2n) is 3.79. The minimum Gasteiger partial charge on any atom is -0.478 e. The molecule has 0 radical (unpaired) electrons. The molecule has 0 fully saturated rings. The van der Waals surface area contributed by atoms with E-state index in [0.717, 1.165) is 11.1 Å². The van der Waals surface area contributed by atoms with Gasteiger partial charge in [-0.3, -0.25) is 0 Å². The normalized spacial score (nSPS) is 10.7. The smallest absolute Gasteiger partial charge is 0.337 e. The second-order valence-corrected chi connectivity index (χ2v) is 4.20. The Morgan fingerprint density at radius 3 is 2.33 bits per heavy atom. The van der Waals surface area contributed by atoms with Crippen molar-refractivity contribution in [2.24, 2.45) is 0 Å². The molecule has 0 spiro atoms. The van der Waals surface area contributed by atoms with E-state index in [1.807, 2.05) is 42.5 Å². The summed E-state index contributed by atoms with van der Waals surface area (Å²) in [5.41, 5.74) is 1.98. The van der Waals surface area contributed by atoms with Crippen LogP contribution in [0, 0.1) is 0 Å².